The van der Waals surface area contributed by atoms with E-state index in [1.54, 1.807) is 6.20 Å². The summed E-state index contributed by atoms with van der Waals surface area (Å²) >= 11 is 0. The van der Waals surface area contributed by atoms with Gasteiger partial charge in [0.2, 0.25) is 5.91 Å². The van der Waals surface area contributed by atoms with E-state index in [2.05, 4.69) is 21.4 Å². The van der Waals surface area contributed by atoms with Gasteiger partial charge in [0.05, 0.1) is 11.9 Å². The molecule has 1 saturated heterocycles. The van der Waals surface area contributed by atoms with E-state index in [1.165, 1.54) is 19.0 Å². The maximum atomic E-state index is 12.4. The molecule has 0 bridgehead atoms. The first-order valence-corrected chi connectivity index (χ1v) is 9.15. The van der Waals surface area contributed by atoms with Gasteiger partial charge in [-0.2, -0.15) is 0 Å². The lowest BCUT2D eigenvalue weighted by Gasteiger charge is -2.42. The van der Waals surface area contributed by atoms with Crippen LogP contribution in [-0.2, 0) is 4.79 Å². The van der Waals surface area contributed by atoms with Crippen LogP contribution in [-0.4, -0.2) is 39.8 Å². The largest absolute Gasteiger partial charge is 0.350 e. The number of aromatic nitrogens is 2. The second kappa shape index (κ2) is 6.24. The van der Waals surface area contributed by atoms with Crippen molar-refractivity contribution in [3.8, 4) is 0 Å². The molecule has 0 radical (unpaired) electrons. The molecule has 1 aliphatic heterocycles. The standard InChI is InChI=1S/C19H24N4O2/c1-13-9-21-15(10-20-13)18(25)22-12-19-7-2-3-16(19)23(11-14-4-5-14)17(24)6-8-19/h3,9-10,14H,2,4-8,11-12H2,1H3,(H,22,25). The Bertz CT molecular complexity index is 723. The molecule has 1 atom stereocenters. The van der Waals surface area contributed by atoms with Crippen LogP contribution in [0.25, 0.3) is 0 Å². The monoisotopic (exact) mass is 340 g/mol. The van der Waals surface area contributed by atoms with E-state index in [9.17, 15) is 9.59 Å². The van der Waals surface area contributed by atoms with Crippen LogP contribution in [0, 0.1) is 18.3 Å². The number of nitrogens with one attached hydrogen (secondary N) is 1. The van der Waals surface area contributed by atoms with E-state index >= 15 is 0 Å². The maximum Gasteiger partial charge on any atom is 0.271 e. The highest BCUT2D eigenvalue weighted by Crippen LogP contribution is 2.48. The molecule has 2 aliphatic carbocycles. The molecule has 0 spiro atoms. The Labute approximate surface area is 147 Å². The molecule has 25 heavy (non-hydrogen) atoms. The number of carbonyl (C=O) groups is 2. The Morgan fingerprint density at radius 1 is 1.32 bits per heavy atom. The Morgan fingerprint density at radius 3 is 2.88 bits per heavy atom. The topological polar surface area (TPSA) is 75.2 Å². The number of carbonyl (C=O) groups excluding carboxylic acids is 2. The van der Waals surface area contributed by atoms with Gasteiger partial charge < -0.3 is 10.2 Å². The molecule has 4 rings (SSSR count). The lowest BCUT2D eigenvalue weighted by Crippen LogP contribution is -2.48. The molecule has 1 aromatic heterocycles. The van der Waals surface area contributed by atoms with E-state index in [4.69, 9.17) is 0 Å². The lowest BCUT2D eigenvalue weighted by atomic mass is 9.76. The van der Waals surface area contributed by atoms with Crippen LogP contribution in [0.3, 0.4) is 0 Å². The summed E-state index contributed by atoms with van der Waals surface area (Å²) in [6, 6.07) is 0. The Balaban J connectivity index is 1.46. The minimum Gasteiger partial charge on any atom is -0.350 e. The molecule has 2 heterocycles. The van der Waals surface area contributed by atoms with Crippen LogP contribution in [0.5, 0.6) is 0 Å². The Kier molecular flexibility index (Phi) is 4.06. The quantitative estimate of drug-likeness (QED) is 0.892. The minimum atomic E-state index is -0.196. The first kappa shape index (κ1) is 16.2. The van der Waals surface area contributed by atoms with Gasteiger partial charge in [0.1, 0.15) is 5.69 Å². The third-order valence-corrected chi connectivity index (χ3v) is 5.65. The zero-order chi connectivity index (χ0) is 17.4. The Hall–Kier alpha value is -2.24. The van der Waals surface area contributed by atoms with Crippen LogP contribution in [0.4, 0.5) is 0 Å². The van der Waals surface area contributed by atoms with Gasteiger partial charge in [0.15, 0.2) is 0 Å². The number of rotatable bonds is 5. The first-order valence-electron chi connectivity index (χ1n) is 9.15. The van der Waals surface area contributed by atoms with Crippen LogP contribution in [0.15, 0.2) is 24.2 Å². The molecule has 1 N–H and O–H groups in total. The van der Waals surface area contributed by atoms with Crippen LogP contribution >= 0.6 is 0 Å². The number of nitrogens with zero attached hydrogens (tertiary/aromatic N) is 3. The van der Waals surface area contributed by atoms with Crippen molar-refractivity contribution >= 4 is 11.8 Å². The first-order chi connectivity index (χ1) is 12.1. The van der Waals surface area contributed by atoms with Crippen molar-refractivity contribution in [1.29, 1.82) is 0 Å². The second-order valence-corrected chi connectivity index (χ2v) is 7.58. The normalized spacial score (nSPS) is 25.6. The van der Waals surface area contributed by atoms with Crippen molar-refractivity contribution in [2.45, 2.75) is 45.4 Å². The van der Waals surface area contributed by atoms with Gasteiger partial charge in [0, 0.05) is 36.8 Å². The predicted octanol–water partition coefficient (Wildman–Crippen LogP) is 2.21. The highest BCUT2D eigenvalue weighted by Gasteiger charge is 2.46. The molecule has 6 heteroatoms. The van der Waals surface area contributed by atoms with Gasteiger partial charge >= 0.3 is 0 Å². The highest BCUT2D eigenvalue weighted by molar-refractivity contribution is 5.92. The summed E-state index contributed by atoms with van der Waals surface area (Å²) < 4.78 is 0. The predicted molar refractivity (Wildman–Crippen MR) is 92.5 cm³/mol. The number of hydrogen-bond donors (Lipinski definition) is 1. The second-order valence-electron chi connectivity index (χ2n) is 7.58. The molecular formula is C19H24N4O2. The fraction of sp³-hybridized carbons (Fsp3) is 0.579. The van der Waals surface area contributed by atoms with E-state index < -0.39 is 0 Å². The van der Waals surface area contributed by atoms with Gasteiger partial charge in [-0.1, -0.05) is 6.08 Å². The fourth-order valence-electron chi connectivity index (χ4n) is 3.97. The highest BCUT2D eigenvalue weighted by atomic mass is 16.2. The van der Waals surface area contributed by atoms with Crippen molar-refractivity contribution in [1.82, 2.24) is 20.2 Å². The van der Waals surface area contributed by atoms with Gasteiger partial charge in [-0.05, 0) is 44.9 Å². The van der Waals surface area contributed by atoms with Gasteiger partial charge in [-0.3, -0.25) is 14.6 Å². The molecule has 2 fully saturated rings. The lowest BCUT2D eigenvalue weighted by molar-refractivity contribution is -0.133. The number of fused-ring (bicyclic) bond motifs is 1. The zero-order valence-electron chi connectivity index (χ0n) is 14.6. The fourth-order valence-corrected chi connectivity index (χ4v) is 3.97. The maximum absolute atomic E-state index is 12.4. The number of likely N-dealkylation sites (tertiary alicyclic amines) is 1. The third-order valence-electron chi connectivity index (χ3n) is 5.65. The number of allylic oxidation sites excluding steroid dienone is 1. The van der Waals surface area contributed by atoms with E-state index in [-0.39, 0.29) is 17.2 Å². The smallest absolute Gasteiger partial charge is 0.271 e. The molecule has 132 valence electrons. The number of aryl methyl sites for hydroxylation is 1. The molecular weight excluding hydrogens is 316 g/mol. The summed E-state index contributed by atoms with van der Waals surface area (Å²) in [7, 11) is 0. The number of hydrogen-bond acceptors (Lipinski definition) is 4. The summed E-state index contributed by atoms with van der Waals surface area (Å²) in [5.41, 5.74) is 2.17. The zero-order valence-corrected chi connectivity index (χ0v) is 14.6. The van der Waals surface area contributed by atoms with Crippen molar-refractivity contribution in [3.63, 3.8) is 0 Å². The number of amides is 2. The average molecular weight is 340 g/mol. The van der Waals surface area contributed by atoms with Gasteiger partial charge in [0.25, 0.3) is 5.91 Å². The van der Waals surface area contributed by atoms with Crippen LogP contribution in [0.2, 0.25) is 0 Å². The average Bonchev–Trinajstić information content (AvgIpc) is 3.33. The molecule has 1 aromatic rings. The Morgan fingerprint density at radius 2 is 2.16 bits per heavy atom. The van der Waals surface area contributed by atoms with Crippen LogP contribution < -0.4 is 5.32 Å². The van der Waals surface area contributed by atoms with Crippen molar-refractivity contribution in [2.75, 3.05) is 13.1 Å². The van der Waals surface area contributed by atoms with Gasteiger partial charge in [-0.15, -0.1) is 0 Å². The molecule has 2 amide bonds. The SMILES string of the molecule is Cc1cnc(C(=O)NCC23CCC=C2N(CC2CC2)C(=O)CC3)cn1. The minimum absolute atomic E-state index is 0.101. The summed E-state index contributed by atoms with van der Waals surface area (Å²) in [5.74, 6) is 0.712. The van der Waals surface area contributed by atoms with E-state index in [0.717, 1.165) is 37.2 Å². The van der Waals surface area contributed by atoms with Crippen LogP contribution in [0.1, 0.15) is 54.7 Å². The van der Waals surface area contributed by atoms with Crippen molar-refractivity contribution in [2.24, 2.45) is 11.3 Å². The number of piperidine rings is 1. The molecule has 1 unspecified atom stereocenters. The van der Waals surface area contributed by atoms with E-state index in [0.29, 0.717) is 24.6 Å². The summed E-state index contributed by atoms with van der Waals surface area (Å²) in [6.07, 6.45) is 11.1. The van der Waals surface area contributed by atoms with Crippen molar-refractivity contribution in [3.05, 3.63) is 35.6 Å². The molecule has 1 saturated carbocycles. The third kappa shape index (κ3) is 3.17. The molecule has 6 nitrogen and oxygen atoms in total. The summed E-state index contributed by atoms with van der Waals surface area (Å²) in [4.78, 5) is 35.1. The van der Waals surface area contributed by atoms with Gasteiger partial charge in [-0.25, -0.2) is 4.98 Å². The van der Waals surface area contributed by atoms with Crippen molar-refractivity contribution < 1.29 is 9.59 Å². The summed E-state index contributed by atoms with van der Waals surface area (Å²) in [6.45, 7) is 3.25. The molecule has 0 aromatic carbocycles. The summed E-state index contributed by atoms with van der Waals surface area (Å²) in [5, 5.41) is 3.03. The molecule has 3 aliphatic rings. The van der Waals surface area contributed by atoms with E-state index in [1.807, 2.05) is 11.8 Å².